The SMILES string of the molecule is CCNc1nc(-c2ccc3c(c2)CCC3)c(C)s1. The molecule has 0 radical (unpaired) electrons. The van der Waals surface area contributed by atoms with Gasteiger partial charge in [-0.2, -0.15) is 0 Å². The fourth-order valence-corrected chi connectivity index (χ4v) is 3.51. The van der Waals surface area contributed by atoms with Gasteiger partial charge in [0.15, 0.2) is 5.13 Å². The molecular formula is C15H18N2S. The highest BCUT2D eigenvalue weighted by atomic mass is 32.1. The van der Waals surface area contributed by atoms with Crippen LogP contribution in [0.2, 0.25) is 0 Å². The summed E-state index contributed by atoms with van der Waals surface area (Å²) in [6, 6.07) is 6.84. The van der Waals surface area contributed by atoms with E-state index in [1.165, 1.54) is 40.8 Å². The highest BCUT2D eigenvalue weighted by Crippen LogP contribution is 2.33. The van der Waals surface area contributed by atoms with E-state index >= 15 is 0 Å². The predicted octanol–water partition coefficient (Wildman–Crippen LogP) is 4.04. The number of fused-ring (bicyclic) bond motifs is 1. The lowest BCUT2D eigenvalue weighted by Crippen LogP contribution is -1.95. The van der Waals surface area contributed by atoms with E-state index in [0.717, 1.165) is 17.4 Å². The van der Waals surface area contributed by atoms with Crippen LogP contribution in [0.25, 0.3) is 11.3 Å². The molecule has 1 heterocycles. The summed E-state index contributed by atoms with van der Waals surface area (Å²) < 4.78 is 0. The smallest absolute Gasteiger partial charge is 0.183 e. The van der Waals surface area contributed by atoms with E-state index in [0.29, 0.717) is 0 Å². The lowest BCUT2D eigenvalue weighted by Gasteiger charge is -2.03. The second-order valence-electron chi connectivity index (χ2n) is 4.79. The standard InChI is InChI=1S/C15H18N2S/c1-3-16-15-17-14(10(2)18-15)13-8-7-11-5-4-6-12(11)9-13/h7-9H,3-6H2,1-2H3,(H,16,17). The van der Waals surface area contributed by atoms with Crippen LogP contribution < -0.4 is 5.32 Å². The average molecular weight is 258 g/mol. The van der Waals surface area contributed by atoms with E-state index in [9.17, 15) is 0 Å². The molecule has 1 aromatic heterocycles. The van der Waals surface area contributed by atoms with Crippen molar-refractivity contribution in [1.29, 1.82) is 0 Å². The van der Waals surface area contributed by atoms with Crippen LogP contribution in [0.3, 0.4) is 0 Å². The van der Waals surface area contributed by atoms with Crippen LogP contribution in [0.15, 0.2) is 18.2 Å². The highest BCUT2D eigenvalue weighted by molar-refractivity contribution is 7.16. The van der Waals surface area contributed by atoms with Gasteiger partial charge in [-0.25, -0.2) is 4.98 Å². The number of aromatic nitrogens is 1. The van der Waals surface area contributed by atoms with Crippen molar-refractivity contribution in [2.75, 3.05) is 11.9 Å². The molecule has 0 amide bonds. The van der Waals surface area contributed by atoms with E-state index in [2.05, 4.69) is 37.4 Å². The molecule has 1 aromatic carbocycles. The largest absolute Gasteiger partial charge is 0.362 e. The molecule has 0 saturated carbocycles. The minimum atomic E-state index is 0.927. The molecule has 3 rings (SSSR count). The van der Waals surface area contributed by atoms with Gasteiger partial charge in [-0.15, -0.1) is 11.3 Å². The van der Waals surface area contributed by atoms with E-state index in [-0.39, 0.29) is 0 Å². The molecule has 0 atom stereocenters. The third-order valence-electron chi connectivity index (χ3n) is 3.50. The number of nitrogens with one attached hydrogen (secondary N) is 1. The Morgan fingerprint density at radius 1 is 1.28 bits per heavy atom. The van der Waals surface area contributed by atoms with Crippen LogP contribution in [0.1, 0.15) is 29.3 Å². The van der Waals surface area contributed by atoms with Crippen molar-refractivity contribution in [3.8, 4) is 11.3 Å². The van der Waals surface area contributed by atoms with Gasteiger partial charge in [0.1, 0.15) is 0 Å². The number of thiazole rings is 1. The maximum atomic E-state index is 4.70. The van der Waals surface area contributed by atoms with Crippen molar-refractivity contribution in [3.05, 3.63) is 34.2 Å². The van der Waals surface area contributed by atoms with Crippen molar-refractivity contribution in [3.63, 3.8) is 0 Å². The van der Waals surface area contributed by atoms with Crippen LogP contribution in [-0.2, 0) is 12.8 Å². The number of anilines is 1. The molecular weight excluding hydrogens is 240 g/mol. The average Bonchev–Trinajstić information content (AvgIpc) is 2.95. The summed E-state index contributed by atoms with van der Waals surface area (Å²) in [4.78, 5) is 6.00. The Kier molecular flexibility index (Phi) is 3.08. The zero-order valence-electron chi connectivity index (χ0n) is 10.9. The molecule has 0 saturated heterocycles. The quantitative estimate of drug-likeness (QED) is 0.898. The van der Waals surface area contributed by atoms with Gasteiger partial charge in [0.05, 0.1) is 5.69 Å². The van der Waals surface area contributed by atoms with Crippen LogP contribution in [0, 0.1) is 6.92 Å². The van der Waals surface area contributed by atoms with E-state index in [1.54, 1.807) is 11.3 Å². The molecule has 0 unspecified atom stereocenters. The van der Waals surface area contributed by atoms with E-state index in [4.69, 9.17) is 4.98 Å². The minimum absolute atomic E-state index is 0.927. The van der Waals surface area contributed by atoms with Gasteiger partial charge in [-0.1, -0.05) is 12.1 Å². The number of hydrogen-bond donors (Lipinski definition) is 1. The molecule has 0 fully saturated rings. The number of nitrogens with zero attached hydrogens (tertiary/aromatic N) is 1. The molecule has 0 aliphatic heterocycles. The van der Waals surface area contributed by atoms with E-state index in [1.807, 2.05) is 0 Å². The van der Waals surface area contributed by atoms with Gasteiger partial charge >= 0.3 is 0 Å². The molecule has 94 valence electrons. The maximum absolute atomic E-state index is 4.70. The highest BCUT2D eigenvalue weighted by Gasteiger charge is 2.14. The first-order chi connectivity index (χ1) is 8.78. The van der Waals surface area contributed by atoms with Gasteiger partial charge in [-0.3, -0.25) is 0 Å². The van der Waals surface area contributed by atoms with Gasteiger partial charge in [0, 0.05) is 17.0 Å². The van der Waals surface area contributed by atoms with Gasteiger partial charge in [0.25, 0.3) is 0 Å². The molecule has 2 aromatic rings. The maximum Gasteiger partial charge on any atom is 0.183 e. The van der Waals surface area contributed by atoms with Crippen molar-refractivity contribution in [1.82, 2.24) is 4.98 Å². The van der Waals surface area contributed by atoms with Crippen molar-refractivity contribution in [2.24, 2.45) is 0 Å². The van der Waals surface area contributed by atoms with Crippen LogP contribution in [0.4, 0.5) is 5.13 Å². The number of hydrogen-bond acceptors (Lipinski definition) is 3. The normalized spacial score (nSPS) is 13.7. The lowest BCUT2D eigenvalue weighted by molar-refractivity contribution is 0.912. The molecule has 1 aliphatic rings. The van der Waals surface area contributed by atoms with E-state index < -0.39 is 0 Å². The molecule has 0 bridgehead atoms. The Balaban J connectivity index is 1.99. The zero-order chi connectivity index (χ0) is 12.5. The third kappa shape index (κ3) is 2.03. The summed E-state index contributed by atoms with van der Waals surface area (Å²) in [5.74, 6) is 0. The fraction of sp³-hybridized carbons (Fsp3) is 0.400. The molecule has 1 N–H and O–H groups in total. The Morgan fingerprint density at radius 2 is 2.11 bits per heavy atom. The first-order valence-electron chi connectivity index (χ1n) is 6.61. The van der Waals surface area contributed by atoms with Crippen molar-refractivity contribution < 1.29 is 0 Å². The lowest BCUT2D eigenvalue weighted by atomic mass is 10.0. The Hall–Kier alpha value is -1.35. The van der Waals surface area contributed by atoms with Crippen molar-refractivity contribution in [2.45, 2.75) is 33.1 Å². The fourth-order valence-electron chi connectivity index (χ4n) is 2.61. The number of rotatable bonds is 3. The summed E-state index contributed by atoms with van der Waals surface area (Å²) in [7, 11) is 0. The topological polar surface area (TPSA) is 24.9 Å². The molecule has 1 aliphatic carbocycles. The van der Waals surface area contributed by atoms with Gasteiger partial charge in [-0.05, 0) is 50.3 Å². The van der Waals surface area contributed by atoms with Gasteiger partial charge in [0.2, 0.25) is 0 Å². The first kappa shape index (κ1) is 11.7. The van der Waals surface area contributed by atoms with Crippen LogP contribution >= 0.6 is 11.3 Å². The summed E-state index contributed by atoms with van der Waals surface area (Å²) in [5.41, 5.74) is 5.46. The summed E-state index contributed by atoms with van der Waals surface area (Å²) >= 11 is 1.74. The Bertz CT molecular complexity index is 572. The van der Waals surface area contributed by atoms with Crippen LogP contribution in [0.5, 0.6) is 0 Å². The van der Waals surface area contributed by atoms with Crippen LogP contribution in [-0.4, -0.2) is 11.5 Å². The zero-order valence-corrected chi connectivity index (χ0v) is 11.7. The Labute approximate surface area is 112 Å². The molecule has 18 heavy (non-hydrogen) atoms. The van der Waals surface area contributed by atoms with Crippen molar-refractivity contribution >= 4 is 16.5 Å². The molecule has 3 heteroatoms. The number of benzene rings is 1. The monoisotopic (exact) mass is 258 g/mol. The minimum Gasteiger partial charge on any atom is -0.362 e. The Morgan fingerprint density at radius 3 is 2.94 bits per heavy atom. The predicted molar refractivity (Wildman–Crippen MR) is 78.5 cm³/mol. The second-order valence-corrected chi connectivity index (χ2v) is 5.99. The van der Waals surface area contributed by atoms with Gasteiger partial charge < -0.3 is 5.32 Å². The molecule has 0 spiro atoms. The first-order valence-corrected chi connectivity index (χ1v) is 7.43. The third-order valence-corrected chi connectivity index (χ3v) is 4.43. The summed E-state index contributed by atoms with van der Waals surface area (Å²) in [5, 5.41) is 4.33. The number of aryl methyl sites for hydroxylation is 3. The summed E-state index contributed by atoms with van der Waals surface area (Å²) in [6.07, 6.45) is 3.78. The summed E-state index contributed by atoms with van der Waals surface area (Å²) in [6.45, 7) is 5.18. The molecule has 2 nitrogen and oxygen atoms in total. The second kappa shape index (κ2) is 4.73.